The molecule has 0 spiro atoms. The molecule has 1 saturated carbocycles. The largest absolute Gasteiger partial charge is 0.385 e. The van der Waals surface area contributed by atoms with Gasteiger partial charge in [0.15, 0.2) is 5.69 Å². The van der Waals surface area contributed by atoms with E-state index >= 15 is 0 Å². The summed E-state index contributed by atoms with van der Waals surface area (Å²) < 4.78 is 6.92. The standard InChI is InChI=1S/C18H23N3O2/c1-13-5-3-6-15(11-13)21-17(14-7-8-14)12-16(20-21)18(22)19-9-4-10-23-2/h3,5-6,11-12,14H,4,7-10H2,1-2H3,(H,19,22). The van der Waals surface area contributed by atoms with Crippen molar-refractivity contribution in [3.8, 4) is 5.69 Å². The van der Waals surface area contributed by atoms with E-state index in [1.165, 1.54) is 18.4 Å². The molecule has 1 aliphatic carbocycles. The van der Waals surface area contributed by atoms with Gasteiger partial charge in [-0.15, -0.1) is 0 Å². The fraction of sp³-hybridized carbons (Fsp3) is 0.444. The highest BCUT2D eigenvalue weighted by atomic mass is 16.5. The molecule has 1 aliphatic rings. The Bertz CT molecular complexity index is 689. The monoisotopic (exact) mass is 313 g/mol. The summed E-state index contributed by atoms with van der Waals surface area (Å²) in [5, 5.41) is 7.46. The van der Waals surface area contributed by atoms with Crippen LogP contribution in [0, 0.1) is 6.92 Å². The fourth-order valence-corrected chi connectivity index (χ4v) is 2.65. The van der Waals surface area contributed by atoms with Crippen LogP contribution in [0.4, 0.5) is 0 Å². The molecular formula is C18H23N3O2. The lowest BCUT2D eigenvalue weighted by atomic mass is 10.2. The number of aromatic nitrogens is 2. The van der Waals surface area contributed by atoms with Crippen LogP contribution in [0.3, 0.4) is 0 Å². The van der Waals surface area contributed by atoms with Crippen molar-refractivity contribution >= 4 is 5.91 Å². The molecule has 2 aromatic rings. The third-order valence-corrected chi connectivity index (χ3v) is 4.02. The molecule has 0 bridgehead atoms. The number of rotatable bonds is 7. The maximum atomic E-state index is 12.3. The second-order valence-corrected chi connectivity index (χ2v) is 6.08. The highest BCUT2D eigenvalue weighted by molar-refractivity contribution is 5.92. The summed E-state index contributed by atoms with van der Waals surface area (Å²) >= 11 is 0. The number of amides is 1. The smallest absolute Gasteiger partial charge is 0.271 e. The zero-order chi connectivity index (χ0) is 16.2. The summed E-state index contributed by atoms with van der Waals surface area (Å²) in [5.74, 6) is 0.410. The Labute approximate surface area is 136 Å². The van der Waals surface area contributed by atoms with Crippen molar-refractivity contribution in [3.63, 3.8) is 0 Å². The number of carbonyl (C=O) groups is 1. The van der Waals surface area contributed by atoms with Gasteiger partial charge in [-0.2, -0.15) is 5.10 Å². The molecule has 5 nitrogen and oxygen atoms in total. The lowest BCUT2D eigenvalue weighted by Gasteiger charge is -2.07. The number of aryl methyl sites for hydroxylation is 1. The summed E-state index contributed by atoms with van der Waals surface area (Å²) in [6.07, 6.45) is 3.15. The van der Waals surface area contributed by atoms with Gasteiger partial charge in [0, 0.05) is 31.9 Å². The van der Waals surface area contributed by atoms with E-state index in [-0.39, 0.29) is 5.91 Å². The van der Waals surface area contributed by atoms with E-state index in [9.17, 15) is 4.79 Å². The summed E-state index contributed by atoms with van der Waals surface area (Å²) in [5.41, 5.74) is 3.83. The molecule has 1 heterocycles. The number of nitrogens with zero attached hydrogens (tertiary/aromatic N) is 2. The topological polar surface area (TPSA) is 56.1 Å². The van der Waals surface area contributed by atoms with E-state index in [4.69, 9.17) is 4.74 Å². The van der Waals surface area contributed by atoms with Gasteiger partial charge in [-0.3, -0.25) is 4.79 Å². The van der Waals surface area contributed by atoms with Gasteiger partial charge in [-0.25, -0.2) is 4.68 Å². The summed E-state index contributed by atoms with van der Waals surface area (Å²) in [6.45, 7) is 3.31. The minimum absolute atomic E-state index is 0.116. The third-order valence-electron chi connectivity index (χ3n) is 4.02. The van der Waals surface area contributed by atoms with E-state index in [0.29, 0.717) is 24.8 Å². The van der Waals surface area contributed by atoms with Gasteiger partial charge < -0.3 is 10.1 Å². The number of hydrogen-bond donors (Lipinski definition) is 1. The number of benzene rings is 1. The van der Waals surface area contributed by atoms with Crippen LogP contribution in [0.15, 0.2) is 30.3 Å². The molecule has 0 radical (unpaired) electrons. The maximum Gasteiger partial charge on any atom is 0.271 e. The van der Waals surface area contributed by atoms with Crippen LogP contribution in [0.25, 0.3) is 5.69 Å². The number of ether oxygens (including phenoxy) is 1. The Balaban J connectivity index is 1.80. The molecule has 23 heavy (non-hydrogen) atoms. The predicted molar refractivity (Wildman–Crippen MR) is 89.1 cm³/mol. The SMILES string of the molecule is COCCCNC(=O)c1cc(C2CC2)n(-c2cccc(C)c2)n1. The zero-order valence-electron chi connectivity index (χ0n) is 13.7. The van der Waals surface area contributed by atoms with Crippen LogP contribution in [-0.4, -0.2) is 35.9 Å². The Morgan fingerprint density at radius 2 is 2.22 bits per heavy atom. The summed E-state index contributed by atoms with van der Waals surface area (Å²) in [6, 6.07) is 10.2. The Morgan fingerprint density at radius 1 is 1.39 bits per heavy atom. The second-order valence-electron chi connectivity index (χ2n) is 6.08. The number of nitrogens with one attached hydrogen (secondary N) is 1. The van der Waals surface area contributed by atoms with E-state index in [1.807, 2.05) is 22.9 Å². The van der Waals surface area contributed by atoms with Gasteiger partial charge >= 0.3 is 0 Å². The molecule has 1 amide bonds. The van der Waals surface area contributed by atoms with Gasteiger partial charge in [-0.05, 0) is 49.9 Å². The minimum Gasteiger partial charge on any atom is -0.385 e. The van der Waals surface area contributed by atoms with E-state index in [1.54, 1.807) is 7.11 Å². The Morgan fingerprint density at radius 3 is 2.91 bits per heavy atom. The first-order valence-corrected chi connectivity index (χ1v) is 8.13. The third kappa shape index (κ3) is 3.79. The van der Waals surface area contributed by atoms with Crippen molar-refractivity contribution in [1.29, 1.82) is 0 Å². The van der Waals surface area contributed by atoms with Crippen molar-refractivity contribution < 1.29 is 9.53 Å². The van der Waals surface area contributed by atoms with Crippen LogP contribution in [0.5, 0.6) is 0 Å². The molecule has 0 unspecified atom stereocenters. The molecule has 1 aromatic carbocycles. The molecule has 1 aromatic heterocycles. The molecule has 3 rings (SSSR count). The lowest BCUT2D eigenvalue weighted by molar-refractivity contribution is 0.0943. The van der Waals surface area contributed by atoms with E-state index < -0.39 is 0 Å². The molecular weight excluding hydrogens is 290 g/mol. The van der Waals surface area contributed by atoms with E-state index in [2.05, 4.69) is 29.5 Å². The van der Waals surface area contributed by atoms with E-state index in [0.717, 1.165) is 17.8 Å². The van der Waals surface area contributed by atoms with Gasteiger partial charge in [0.05, 0.1) is 5.69 Å². The zero-order valence-corrected chi connectivity index (χ0v) is 13.7. The van der Waals surface area contributed by atoms with Gasteiger partial charge in [0.1, 0.15) is 0 Å². The van der Waals surface area contributed by atoms with Crippen LogP contribution in [0.1, 0.15) is 46.9 Å². The van der Waals surface area contributed by atoms with Crippen LogP contribution in [0.2, 0.25) is 0 Å². The average molecular weight is 313 g/mol. The Hall–Kier alpha value is -2.14. The number of methoxy groups -OCH3 is 1. The van der Waals surface area contributed by atoms with Crippen molar-refractivity contribution in [1.82, 2.24) is 15.1 Å². The van der Waals surface area contributed by atoms with Crippen LogP contribution in [-0.2, 0) is 4.74 Å². The Kier molecular flexibility index (Phi) is 4.76. The summed E-state index contributed by atoms with van der Waals surface area (Å²) in [4.78, 5) is 12.3. The lowest BCUT2D eigenvalue weighted by Crippen LogP contribution is -2.25. The average Bonchev–Trinajstić information content (AvgIpc) is 3.30. The first-order valence-electron chi connectivity index (χ1n) is 8.13. The molecule has 5 heteroatoms. The highest BCUT2D eigenvalue weighted by Gasteiger charge is 2.29. The number of hydrogen-bond acceptors (Lipinski definition) is 3. The quantitative estimate of drug-likeness (QED) is 0.800. The van der Waals surface area contributed by atoms with Gasteiger partial charge in [-0.1, -0.05) is 12.1 Å². The number of carbonyl (C=O) groups excluding carboxylic acids is 1. The van der Waals surface area contributed by atoms with Crippen molar-refractivity contribution in [3.05, 3.63) is 47.3 Å². The van der Waals surface area contributed by atoms with Gasteiger partial charge in [0.25, 0.3) is 5.91 Å². The molecule has 122 valence electrons. The van der Waals surface area contributed by atoms with Crippen molar-refractivity contribution in [2.24, 2.45) is 0 Å². The normalized spacial score (nSPS) is 14.0. The first-order chi connectivity index (χ1) is 11.2. The van der Waals surface area contributed by atoms with Crippen LogP contribution >= 0.6 is 0 Å². The fourth-order valence-electron chi connectivity index (χ4n) is 2.65. The second kappa shape index (κ2) is 6.96. The summed E-state index contributed by atoms with van der Waals surface area (Å²) in [7, 11) is 1.66. The molecule has 0 saturated heterocycles. The van der Waals surface area contributed by atoms with Gasteiger partial charge in [0.2, 0.25) is 0 Å². The molecule has 1 fully saturated rings. The highest BCUT2D eigenvalue weighted by Crippen LogP contribution is 2.41. The minimum atomic E-state index is -0.116. The molecule has 0 aliphatic heterocycles. The first kappa shape index (κ1) is 15.7. The van der Waals surface area contributed by atoms with Crippen molar-refractivity contribution in [2.45, 2.75) is 32.1 Å². The molecule has 1 N–H and O–H groups in total. The maximum absolute atomic E-state index is 12.3. The van der Waals surface area contributed by atoms with Crippen molar-refractivity contribution in [2.75, 3.05) is 20.3 Å². The molecule has 0 atom stereocenters. The predicted octanol–water partition coefficient (Wildman–Crippen LogP) is 2.82. The van der Waals surface area contributed by atoms with Crippen LogP contribution < -0.4 is 5.32 Å².